The number of aromatic nitrogens is 6. The van der Waals surface area contributed by atoms with Crippen LogP contribution in [0.1, 0.15) is 154 Å². The van der Waals surface area contributed by atoms with Crippen LogP contribution in [0.25, 0.3) is 54.3 Å². The van der Waals surface area contributed by atoms with Gasteiger partial charge in [-0.2, -0.15) is 0 Å². The van der Waals surface area contributed by atoms with Gasteiger partial charge in [-0.3, -0.25) is 0 Å². The third-order valence-corrected chi connectivity index (χ3v) is 16.4. The van der Waals surface area contributed by atoms with Crippen LogP contribution in [0.5, 0.6) is 11.5 Å². The number of phenols is 2. The molecule has 0 aliphatic rings. The molecule has 0 saturated heterocycles. The van der Waals surface area contributed by atoms with E-state index in [1.165, 1.54) is 12.8 Å². The lowest BCUT2D eigenvalue weighted by Crippen LogP contribution is -2.23. The molecule has 2 N–H and O–H groups in total. The molecule has 0 spiro atoms. The molecule has 0 radical (unpaired) electrons. The highest BCUT2D eigenvalue weighted by Crippen LogP contribution is 2.46. The Hall–Kier alpha value is -6.58. The zero-order valence-corrected chi connectivity index (χ0v) is 44.2. The van der Waals surface area contributed by atoms with Crippen LogP contribution in [0.4, 0.5) is 0 Å². The van der Waals surface area contributed by atoms with Crippen LogP contribution in [0.15, 0.2) is 133 Å². The molecule has 0 unspecified atom stereocenters. The highest BCUT2D eigenvalue weighted by atomic mass is 32.1. The lowest BCUT2D eigenvalue weighted by atomic mass is 9.73. The van der Waals surface area contributed by atoms with Crippen LogP contribution in [-0.2, 0) is 21.7 Å². The first-order valence-electron chi connectivity index (χ1n) is 25.6. The first-order valence-corrected chi connectivity index (χ1v) is 26.5. The second kappa shape index (κ2) is 19.6. The average Bonchev–Trinajstić information content (AvgIpc) is 4.13. The summed E-state index contributed by atoms with van der Waals surface area (Å²) in [5.74, 6) is 0.382. The molecule has 0 aliphatic carbocycles. The summed E-state index contributed by atoms with van der Waals surface area (Å²) >= 11 is 1.71. The number of aromatic hydroxyl groups is 2. The Bertz CT molecular complexity index is 3100. The van der Waals surface area contributed by atoms with Crippen LogP contribution in [-0.4, -0.2) is 40.2 Å². The minimum Gasteiger partial charge on any atom is -0.505 e. The van der Waals surface area contributed by atoms with Gasteiger partial charge >= 0.3 is 0 Å². The van der Waals surface area contributed by atoms with E-state index in [-0.39, 0.29) is 22.3 Å². The number of phenolic OH excluding ortho intramolecular Hbond substituents is 2. The van der Waals surface area contributed by atoms with E-state index in [4.69, 9.17) is 20.4 Å². The highest BCUT2D eigenvalue weighted by molar-refractivity contribution is 7.18. The van der Waals surface area contributed by atoms with Crippen molar-refractivity contribution in [2.24, 2.45) is 0 Å². The minimum atomic E-state index is -0.475. The third kappa shape index (κ3) is 9.78. The van der Waals surface area contributed by atoms with E-state index in [9.17, 15) is 10.2 Å². The Morgan fingerprint density at radius 3 is 1.18 bits per heavy atom. The Balaban J connectivity index is 1.04. The Morgan fingerprint density at radius 1 is 0.423 bits per heavy atom. The molecule has 366 valence electrons. The molecule has 71 heavy (non-hydrogen) atoms. The first kappa shape index (κ1) is 49.4. The fourth-order valence-corrected chi connectivity index (χ4v) is 11.2. The van der Waals surface area contributed by atoms with E-state index >= 15 is 0 Å². The maximum atomic E-state index is 12.2. The zero-order valence-electron chi connectivity index (χ0n) is 43.3. The summed E-state index contributed by atoms with van der Waals surface area (Å²) in [6.07, 6.45) is 9.05. The van der Waals surface area contributed by atoms with E-state index in [0.29, 0.717) is 11.4 Å². The van der Waals surface area contributed by atoms with E-state index in [1.54, 1.807) is 20.9 Å². The molecule has 9 heteroatoms. The standard InChI is InChI=1S/C62H70N6O2S/c1-11-13-21-33-59(3,4)45-37-47(61(7,8)43-23-17-15-18-24-43)57(69)53(39-45)67-63-49-29-27-41(35-51(49)65-67)55-31-32-56(71-55)42-28-30-50-52(36-42)66-68(64-50)54-40-46(60(5,6)34-22-14-12-2)38-48(58(54)70)62(9,10)44-25-19-16-20-26-44/h15-20,23-32,35-40,69-70H,11-14,21-22,33-34H2,1-10H3. The number of unbranched alkanes of at least 4 members (excludes halogenated alkanes) is 4. The molecule has 0 fully saturated rings. The number of rotatable bonds is 18. The van der Waals surface area contributed by atoms with Crippen molar-refractivity contribution < 1.29 is 10.2 Å². The molecule has 0 saturated carbocycles. The van der Waals surface area contributed by atoms with Crippen molar-refractivity contribution in [1.82, 2.24) is 30.0 Å². The smallest absolute Gasteiger partial charge is 0.147 e. The van der Waals surface area contributed by atoms with Gasteiger partial charge in [0, 0.05) is 31.7 Å². The zero-order chi connectivity index (χ0) is 50.3. The maximum absolute atomic E-state index is 12.2. The summed E-state index contributed by atoms with van der Waals surface area (Å²) in [4.78, 5) is 5.44. The predicted molar refractivity (Wildman–Crippen MR) is 295 cm³/mol. The fraction of sp³-hybridized carbons (Fsp3) is 0.355. The summed E-state index contributed by atoms with van der Waals surface area (Å²) < 4.78 is 0. The van der Waals surface area contributed by atoms with Crippen molar-refractivity contribution in [3.63, 3.8) is 0 Å². The highest BCUT2D eigenvalue weighted by Gasteiger charge is 2.34. The van der Waals surface area contributed by atoms with Crippen molar-refractivity contribution in [3.05, 3.63) is 167 Å². The molecule has 3 heterocycles. The maximum Gasteiger partial charge on any atom is 0.147 e. The van der Waals surface area contributed by atoms with Crippen molar-refractivity contribution in [3.8, 4) is 43.8 Å². The second-order valence-electron chi connectivity index (χ2n) is 22.0. The second-order valence-corrected chi connectivity index (χ2v) is 23.1. The van der Waals surface area contributed by atoms with Gasteiger partial charge in [0.2, 0.25) is 0 Å². The third-order valence-electron chi connectivity index (χ3n) is 15.3. The van der Waals surface area contributed by atoms with Crippen LogP contribution < -0.4 is 0 Å². The SMILES string of the molecule is CCCCCC(C)(C)c1cc(-n2nc3ccc(-c4ccc(-c5ccc6nn(-c7cc(C(C)(C)CCCCC)cc(C(C)(C)c8ccccc8)c7O)nc6c5)s4)cc3n2)c(O)c(C(C)(C)c2ccccc2)c1. The largest absolute Gasteiger partial charge is 0.505 e. The monoisotopic (exact) mass is 963 g/mol. The number of thiophene rings is 1. The van der Waals surface area contributed by atoms with Crippen molar-refractivity contribution in [2.45, 2.75) is 142 Å². The van der Waals surface area contributed by atoms with E-state index in [2.05, 4.69) is 178 Å². The molecule has 6 aromatic carbocycles. The average molecular weight is 963 g/mol. The van der Waals surface area contributed by atoms with Gasteiger partial charge in [-0.15, -0.1) is 41.3 Å². The lowest BCUT2D eigenvalue weighted by molar-refractivity contribution is 0.432. The molecule has 0 atom stereocenters. The number of nitrogens with zero attached hydrogens (tertiary/aromatic N) is 6. The van der Waals surface area contributed by atoms with Crippen molar-refractivity contribution in [2.75, 3.05) is 0 Å². The van der Waals surface area contributed by atoms with Gasteiger partial charge in [0.25, 0.3) is 0 Å². The predicted octanol–water partition coefficient (Wildman–Crippen LogP) is 16.3. The van der Waals surface area contributed by atoms with E-state index in [0.717, 1.165) is 115 Å². The Kier molecular flexibility index (Phi) is 13.6. The molecular formula is C62H70N6O2S. The minimum absolute atomic E-state index is 0.124. The summed E-state index contributed by atoms with van der Waals surface area (Å²) in [5, 5.41) is 44.4. The van der Waals surface area contributed by atoms with Gasteiger partial charge in [-0.25, -0.2) is 0 Å². The molecule has 0 amide bonds. The Morgan fingerprint density at radius 2 is 0.803 bits per heavy atom. The van der Waals surface area contributed by atoms with Gasteiger partial charge in [0.15, 0.2) is 0 Å². The van der Waals surface area contributed by atoms with E-state index < -0.39 is 10.8 Å². The topological polar surface area (TPSA) is 102 Å². The Labute approximate surface area is 424 Å². The number of benzene rings is 6. The molecule has 0 aliphatic heterocycles. The summed E-state index contributed by atoms with van der Waals surface area (Å²) in [5.41, 5.74) is 11.3. The number of hydrogen-bond donors (Lipinski definition) is 2. The van der Waals surface area contributed by atoms with Crippen LogP contribution in [0, 0.1) is 0 Å². The summed E-state index contributed by atoms with van der Waals surface area (Å²) in [7, 11) is 0. The van der Waals surface area contributed by atoms with Gasteiger partial charge in [0.05, 0.1) is 0 Å². The normalized spacial score (nSPS) is 12.6. The molecule has 9 rings (SSSR count). The van der Waals surface area contributed by atoms with Crippen molar-refractivity contribution >= 4 is 33.4 Å². The molecule has 0 bridgehead atoms. The molecule has 9 aromatic rings. The van der Waals surface area contributed by atoms with Gasteiger partial charge in [-0.1, -0.05) is 193 Å². The van der Waals surface area contributed by atoms with Crippen LogP contribution in [0.3, 0.4) is 0 Å². The molecule has 8 nitrogen and oxygen atoms in total. The van der Waals surface area contributed by atoms with Crippen LogP contribution in [0.2, 0.25) is 0 Å². The number of hydrogen-bond acceptors (Lipinski definition) is 7. The summed E-state index contributed by atoms with van der Waals surface area (Å²) in [6, 6.07) is 46.1. The molecular weight excluding hydrogens is 893 g/mol. The number of fused-ring (bicyclic) bond motifs is 2. The van der Waals surface area contributed by atoms with Crippen LogP contribution >= 0.6 is 11.3 Å². The quantitative estimate of drug-likeness (QED) is 0.0831. The molecule has 3 aromatic heterocycles. The van der Waals surface area contributed by atoms with Gasteiger partial charge in [0.1, 0.15) is 44.9 Å². The van der Waals surface area contributed by atoms with E-state index in [1.807, 2.05) is 24.3 Å². The lowest BCUT2D eigenvalue weighted by Gasteiger charge is -2.32. The summed E-state index contributed by atoms with van der Waals surface area (Å²) in [6.45, 7) is 22.4. The fourth-order valence-electron chi connectivity index (χ4n) is 10.2. The van der Waals surface area contributed by atoms with Gasteiger partial charge in [-0.05, 0) is 106 Å². The van der Waals surface area contributed by atoms with Gasteiger partial charge < -0.3 is 10.2 Å². The van der Waals surface area contributed by atoms with Crippen molar-refractivity contribution in [1.29, 1.82) is 0 Å². The first-order chi connectivity index (χ1) is 33.9.